The van der Waals surface area contributed by atoms with E-state index in [-0.39, 0.29) is 11.4 Å². The Labute approximate surface area is 174 Å². The molecule has 0 spiro atoms. The first kappa shape index (κ1) is 19.8. The van der Waals surface area contributed by atoms with Crippen LogP contribution in [-0.4, -0.2) is 31.2 Å². The molecule has 0 atom stereocenters. The first-order valence-electron chi connectivity index (χ1n) is 10.2. The van der Waals surface area contributed by atoms with Crippen LogP contribution in [0.15, 0.2) is 54.4 Å². The van der Waals surface area contributed by atoms with Crippen molar-refractivity contribution in [3.05, 3.63) is 59.7 Å². The summed E-state index contributed by atoms with van der Waals surface area (Å²) in [7, 11) is 0. The third kappa shape index (κ3) is 4.73. The van der Waals surface area contributed by atoms with Gasteiger partial charge in [0, 0.05) is 37.1 Å². The van der Waals surface area contributed by atoms with Crippen molar-refractivity contribution in [2.24, 2.45) is 11.1 Å². The standard InChI is InChI=1S/C21H25N7O2/c29-19-4-2-1-3-16(19)12-24-21-25-13-18(27-30)20(26-21)23-11-15-5-7-17(8-6-15)28-10-9-22-14-28/h1-4,9-10,13-15,17,29H,5-8,11-12H2,(H2,23,24,25,26). The van der Waals surface area contributed by atoms with E-state index in [0.717, 1.165) is 37.8 Å². The Hall–Kier alpha value is -3.49. The zero-order valence-corrected chi connectivity index (χ0v) is 16.6. The number of nitrogens with one attached hydrogen (secondary N) is 2. The monoisotopic (exact) mass is 407 g/mol. The van der Waals surface area contributed by atoms with E-state index in [1.54, 1.807) is 12.1 Å². The second kappa shape index (κ2) is 9.34. The normalized spacial score (nSPS) is 18.7. The largest absolute Gasteiger partial charge is 0.508 e. The van der Waals surface area contributed by atoms with Crippen LogP contribution in [0.2, 0.25) is 0 Å². The predicted molar refractivity (Wildman–Crippen MR) is 115 cm³/mol. The molecule has 1 saturated carbocycles. The van der Waals surface area contributed by atoms with Gasteiger partial charge in [-0.15, -0.1) is 4.91 Å². The summed E-state index contributed by atoms with van der Waals surface area (Å²) in [5.41, 5.74) is 0.929. The molecule has 0 amide bonds. The van der Waals surface area contributed by atoms with Gasteiger partial charge < -0.3 is 20.3 Å². The molecule has 2 aromatic heterocycles. The number of benzene rings is 1. The fourth-order valence-electron chi connectivity index (χ4n) is 3.87. The van der Waals surface area contributed by atoms with Gasteiger partial charge in [-0.2, -0.15) is 4.98 Å². The first-order chi connectivity index (χ1) is 14.7. The third-order valence-corrected chi connectivity index (χ3v) is 5.62. The van der Waals surface area contributed by atoms with Gasteiger partial charge in [-0.3, -0.25) is 0 Å². The Kier molecular flexibility index (Phi) is 6.17. The van der Waals surface area contributed by atoms with Crippen LogP contribution in [0.4, 0.5) is 17.5 Å². The van der Waals surface area contributed by atoms with Crippen molar-refractivity contribution < 1.29 is 5.11 Å². The van der Waals surface area contributed by atoms with Crippen molar-refractivity contribution in [2.75, 3.05) is 17.2 Å². The number of anilines is 2. The number of phenols is 1. The Morgan fingerprint density at radius 2 is 2.00 bits per heavy atom. The smallest absolute Gasteiger partial charge is 0.225 e. The summed E-state index contributed by atoms with van der Waals surface area (Å²) >= 11 is 0. The second-order valence-corrected chi connectivity index (χ2v) is 7.57. The van der Waals surface area contributed by atoms with Gasteiger partial charge in [0.1, 0.15) is 5.75 Å². The van der Waals surface area contributed by atoms with E-state index in [2.05, 4.69) is 35.3 Å². The summed E-state index contributed by atoms with van der Waals surface area (Å²) in [6.07, 6.45) is 11.6. The maximum Gasteiger partial charge on any atom is 0.225 e. The molecule has 1 aliphatic rings. The number of hydrogen-bond donors (Lipinski definition) is 3. The zero-order valence-electron chi connectivity index (χ0n) is 16.6. The number of aromatic hydroxyl groups is 1. The topological polar surface area (TPSA) is 117 Å². The van der Waals surface area contributed by atoms with Crippen molar-refractivity contribution in [1.82, 2.24) is 19.5 Å². The van der Waals surface area contributed by atoms with Gasteiger partial charge in [0.15, 0.2) is 11.5 Å². The molecule has 0 saturated heterocycles. The highest BCUT2D eigenvalue weighted by Crippen LogP contribution is 2.32. The predicted octanol–water partition coefficient (Wildman–Crippen LogP) is 4.23. The molecule has 2 heterocycles. The number of hydrogen-bond acceptors (Lipinski definition) is 8. The molecule has 1 aromatic carbocycles. The van der Waals surface area contributed by atoms with Gasteiger partial charge >= 0.3 is 0 Å². The quantitative estimate of drug-likeness (QED) is 0.478. The van der Waals surface area contributed by atoms with Crippen LogP contribution in [-0.2, 0) is 6.54 Å². The molecule has 4 rings (SSSR count). The lowest BCUT2D eigenvalue weighted by molar-refractivity contribution is 0.283. The minimum Gasteiger partial charge on any atom is -0.508 e. The molecule has 30 heavy (non-hydrogen) atoms. The molecule has 0 aliphatic heterocycles. The van der Waals surface area contributed by atoms with E-state index in [0.29, 0.717) is 30.3 Å². The molecule has 1 fully saturated rings. The van der Waals surface area contributed by atoms with Crippen LogP contribution in [0.1, 0.15) is 37.3 Å². The maximum atomic E-state index is 11.2. The molecule has 0 radical (unpaired) electrons. The van der Waals surface area contributed by atoms with Crippen molar-refractivity contribution >= 4 is 17.5 Å². The number of aromatic nitrogens is 4. The molecule has 0 bridgehead atoms. The summed E-state index contributed by atoms with van der Waals surface area (Å²) in [6.45, 7) is 1.10. The third-order valence-electron chi connectivity index (χ3n) is 5.62. The summed E-state index contributed by atoms with van der Waals surface area (Å²) in [4.78, 5) is 23.8. The van der Waals surface area contributed by atoms with Crippen molar-refractivity contribution in [3.8, 4) is 5.75 Å². The van der Waals surface area contributed by atoms with Gasteiger partial charge in [0.2, 0.25) is 5.95 Å². The summed E-state index contributed by atoms with van der Waals surface area (Å²) in [6, 6.07) is 7.59. The fourth-order valence-corrected chi connectivity index (χ4v) is 3.87. The molecule has 9 heteroatoms. The van der Waals surface area contributed by atoms with E-state index < -0.39 is 0 Å². The number of phenolic OH excluding ortho intramolecular Hbond substituents is 1. The van der Waals surface area contributed by atoms with Crippen molar-refractivity contribution in [2.45, 2.75) is 38.3 Å². The highest BCUT2D eigenvalue weighted by molar-refractivity contribution is 5.61. The first-order valence-corrected chi connectivity index (χ1v) is 10.2. The number of nitrogens with zero attached hydrogens (tertiary/aromatic N) is 5. The Balaban J connectivity index is 1.33. The molecule has 9 nitrogen and oxygen atoms in total. The Morgan fingerprint density at radius 3 is 2.73 bits per heavy atom. The van der Waals surface area contributed by atoms with Crippen molar-refractivity contribution in [1.29, 1.82) is 0 Å². The fraction of sp³-hybridized carbons (Fsp3) is 0.381. The van der Waals surface area contributed by atoms with Gasteiger partial charge in [-0.05, 0) is 42.8 Å². The lowest BCUT2D eigenvalue weighted by Gasteiger charge is -2.29. The van der Waals surface area contributed by atoms with Crippen LogP contribution in [0.3, 0.4) is 0 Å². The Morgan fingerprint density at radius 1 is 1.17 bits per heavy atom. The van der Waals surface area contributed by atoms with E-state index in [1.165, 1.54) is 6.20 Å². The number of nitroso groups, excluding NO2 is 1. The van der Waals surface area contributed by atoms with Crippen LogP contribution in [0, 0.1) is 10.8 Å². The summed E-state index contributed by atoms with van der Waals surface area (Å²) in [5.74, 6) is 1.52. The number of imidazole rings is 1. The van der Waals surface area contributed by atoms with Gasteiger partial charge in [-0.25, -0.2) is 9.97 Å². The molecule has 3 aromatic rings. The van der Waals surface area contributed by atoms with E-state index >= 15 is 0 Å². The Bertz CT molecular complexity index is 969. The van der Waals surface area contributed by atoms with Crippen LogP contribution < -0.4 is 10.6 Å². The molecule has 156 valence electrons. The average Bonchev–Trinajstić information content (AvgIpc) is 3.32. The summed E-state index contributed by atoms with van der Waals surface area (Å²) < 4.78 is 2.19. The molecular formula is C21H25N7O2. The maximum absolute atomic E-state index is 11.2. The van der Waals surface area contributed by atoms with Crippen LogP contribution in [0.5, 0.6) is 5.75 Å². The SMILES string of the molecule is O=Nc1cnc(NCc2ccccc2O)nc1NCC1CCC(n2ccnc2)CC1. The highest BCUT2D eigenvalue weighted by Gasteiger charge is 2.22. The van der Waals surface area contributed by atoms with Gasteiger partial charge in [0.05, 0.1) is 12.5 Å². The number of rotatable bonds is 8. The minimum absolute atomic E-state index is 0.190. The molecule has 3 N–H and O–H groups in total. The van der Waals surface area contributed by atoms with E-state index in [1.807, 2.05) is 30.9 Å². The average molecular weight is 407 g/mol. The van der Waals surface area contributed by atoms with Gasteiger partial charge in [-0.1, -0.05) is 18.2 Å². The van der Waals surface area contributed by atoms with E-state index in [4.69, 9.17) is 0 Å². The second-order valence-electron chi connectivity index (χ2n) is 7.57. The van der Waals surface area contributed by atoms with Crippen LogP contribution >= 0.6 is 0 Å². The van der Waals surface area contributed by atoms with Crippen LogP contribution in [0.25, 0.3) is 0 Å². The molecule has 1 aliphatic carbocycles. The lowest BCUT2D eigenvalue weighted by Crippen LogP contribution is -2.23. The summed E-state index contributed by atoms with van der Waals surface area (Å²) in [5, 5.41) is 19.3. The van der Waals surface area contributed by atoms with E-state index in [9.17, 15) is 10.0 Å². The zero-order chi connectivity index (χ0) is 20.8. The minimum atomic E-state index is 0.190. The van der Waals surface area contributed by atoms with Crippen molar-refractivity contribution in [3.63, 3.8) is 0 Å². The number of para-hydroxylation sites is 1. The lowest BCUT2D eigenvalue weighted by atomic mass is 9.86. The molecular weight excluding hydrogens is 382 g/mol. The molecule has 0 unspecified atom stereocenters. The highest BCUT2D eigenvalue weighted by atomic mass is 16.3. The van der Waals surface area contributed by atoms with Gasteiger partial charge in [0.25, 0.3) is 0 Å².